The van der Waals surface area contributed by atoms with Crippen LogP contribution >= 0.6 is 0 Å². The lowest BCUT2D eigenvalue weighted by molar-refractivity contribution is -0.129. The monoisotopic (exact) mass is 223 g/mol. The Kier molecular flexibility index (Phi) is 5.27. The van der Waals surface area contributed by atoms with E-state index in [4.69, 9.17) is 5.26 Å². The fourth-order valence-electron chi connectivity index (χ4n) is 2.21. The summed E-state index contributed by atoms with van der Waals surface area (Å²) in [4.78, 5) is 15.3. The largest absolute Gasteiger partial charge is 0.349 e. The van der Waals surface area contributed by atoms with Gasteiger partial charge in [-0.1, -0.05) is 12.8 Å². The second-order valence-electron chi connectivity index (χ2n) is 4.61. The number of rotatable bonds is 5. The summed E-state index contributed by atoms with van der Waals surface area (Å²) in [5.41, 5.74) is 0. The molecule has 16 heavy (non-hydrogen) atoms. The van der Waals surface area contributed by atoms with Crippen LogP contribution in [-0.4, -0.2) is 48.9 Å². The Hall–Kier alpha value is -1.08. The summed E-state index contributed by atoms with van der Waals surface area (Å²) in [6.07, 6.45) is 5.39. The normalized spacial score (nSPS) is 16.4. The number of hydrogen-bond acceptors (Lipinski definition) is 3. The summed E-state index contributed by atoms with van der Waals surface area (Å²) in [7, 11) is 3.54. The maximum absolute atomic E-state index is 11.5. The third kappa shape index (κ3) is 3.82. The summed E-state index contributed by atoms with van der Waals surface area (Å²) < 4.78 is 0. The van der Waals surface area contributed by atoms with E-state index in [1.165, 1.54) is 25.7 Å². The average Bonchev–Trinajstić information content (AvgIpc) is 2.76. The number of hydrogen-bond donors (Lipinski definition) is 0. The molecule has 0 aromatic carbocycles. The molecular formula is C12H21N3O. The van der Waals surface area contributed by atoms with Gasteiger partial charge in [-0.05, 0) is 12.8 Å². The molecule has 0 bridgehead atoms. The van der Waals surface area contributed by atoms with Crippen molar-refractivity contribution in [3.63, 3.8) is 0 Å². The molecule has 1 aliphatic rings. The summed E-state index contributed by atoms with van der Waals surface area (Å²) in [6.45, 7) is 1.17. The van der Waals surface area contributed by atoms with Crippen molar-refractivity contribution in [2.75, 3.05) is 27.2 Å². The fourth-order valence-corrected chi connectivity index (χ4v) is 2.21. The molecular weight excluding hydrogens is 202 g/mol. The maximum atomic E-state index is 11.5. The molecule has 1 rings (SSSR count). The van der Waals surface area contributed by atoms with E-state index in [1.54, 1.807) is 19.0 Å². The number of amides is 1. The van der Waals surface area contributed by atoms with Crippen molar-refractivity contribution in [1.29, 1.82) is 5.26 Å². The van der Waals surface area contributed by atoms with Crippen LogP contribution in [0.5, 0.6) is 0 Å². The molecule has 4 nitrogen and oxygen atoms in total. The van der Waals surface area contributed by atoms with Crippen molar-refractivity contribution >= 4 is 5.91 Å². The van der Waals surface area contributed by atoms with Crippen LogP contribution in [0, 0.1) is 11.3 Å². The van der Waals surface area contributed by atoms with E-state index in [9.17, 15) is 4.79 Å². The van der Waals surface area contributed by atoms with E-state index in [-0.39, 0.29) is 5.91 Å². The summed E-state index contributed by atoms with van der Waals surface area (Å²) in [5, 5.41) is 8.78. The maximum Gasteiger partial charge on any atom is 0.223 e. The highest BCUT2D eigenvalue weighted by Gasteiger charge is 2.22. The van der Waals surface area contributed by atoms with E-state index in [1.807, 2.05) is 0 Å². The van der Waals surface area contributed by atoms with Gasteiger partial charge in [0.1, 0.15) is 0 Å². The smallest absolute Gasteiger partial charge is 0.223 e. The van der Waals surface area contributed by atoms with Crippen LogP contribution < -0.4 is 0 Å². The van der Waals surface area contributed by atoms with Gasteiger partial charge in [-0.3, -0.25) is 9.69 Å². The SMILES string of the molecule is CN(C)C(=O)CCN(CC#N)C1CCCC1. The summed E-state index contributed by atoms with van der Waals surface area (Å²) in [6, 6.07) is 2.72. The van der Waals surface area contributed by atoms with Crippen molar-refractivity contribution in [1.82, 2.24) is 9.80 Å². The lowest BCUT2D eigenvalue weighted by Gasteiger charge is -2.26. The van der Waals surface area contributed by atoms with Gasteiger partial charge in [-0.25, -0.2) is 0 Å². The van der Waals surface area contributed by atoms with Crippen molar-refractivity contribution in [3.05, 3.63) is 0 Å². The van der Waals surface area contributed by atoms with Crippen molar-refractivity contribution in [2.45, 2.75) is 38.1 Å². The standard InChI is InChI=1S/C12H21N3O/c1-14(2)12(16)7-9-15(10-8-13)11-5-3-4-6-11/h11H,3-7,9-10H2,1-2H3. The zero-order chi connectivity index (χ0) is 12.0. The predicted molar refractivity (Wildman–Crippen MR) is 62.8 cm³/mol. The lowest BCUT2D eigenvalue weighted by Crippen LogP contribution is -2.37. The zero-order valence-electron chi connectivity index (χ0n) is 10.3. The molecule has 0 unspecified atom stereocenters. The fraction of sp³-hybridized carbons (Fsp3) is 0.833. The molecule has 0 saturated heterocycles. The molecule has 0 radical (unpaired) electrons. The molecule has 1 aliphatic carbocycles. The highest BCUT2D eigenvalue weighted by atomic mass is 16.2. The molecule has 0 N–H and O–H groups in total. The Bertz CT molecular complexity index is 264. The highest BCUT2D eigenvalue weighted by molar-refractivity contribution is 5.75. The van der Waals surface area contributed by atoms with Gasteiger partial charge < -0.3 is 4.90 Å². The Morgan fingerprint density at radius 2 is 2.00 bits per heavy atom. The molecule has 1 fully saturated rings. The van der Waals surface area contributed by atoms with E-state index in [2.05, 4.69) is 11.0 Å². The summed E-state index contributed by atoms with van der Waals surface area (Å²) >= 11 is 0. The van der Waals surface area contributed by atoms with E-state index in [0.29, 0.717) is 19.0 Å². The van der Waals surface area contributed by atoms with Gasteiger partial charge in [0, 0.05) is 33.1 Å². The number of carbonyl (C=O) groups excluding carboxylic acids is 1. The van der Waals surface area contributed by atoms with Gasteiger partial charge in [-0.15, -0.1) is 0 Å². The van der Waals surface area contributed by atoms with Crippen molar-refractivity contribution in [2.24, 2.45) is 0 Å². The molecule has 1 amide bonds. The molecule has 0 atom stereocenters. The van der Waals surface area contributed by atoms with Crippen LogP contribution in [-0.2, 0) is 4.79 Å². The lowest BCUT2D eigenvalue weighted by atomic mass is 10.2. The van der Waals surface area contributed by atoms with Crippen LogP contribution in [0.4, 0.5) is 0 Å². The Labute approximate surface area is 97.8 Å². The number of nitriles is 1. The molecule has 0 aromatic rings. The predicted octanol–water partition coefficient (Wildman–Crippen LogP) is 1.23. The average molecular weight is 223 g/mol. The van der Waals surface area contributed by atoms with Gasteiger partial charge in [0.2, 0.25) is 5.91 Å². The molecule has 4 heteroatoms. The minimum atomic E-state index is 0.140. The molecule has 0 aromatic heterocycles. The minimum absolute atomic E-state index is 0.140. The van der Waals surface area contributed by atoms with Crippen LogP contribution in [0.25, 0.3) is 0 Å². The van der Waals surface area contributed by atoms with Gasteiger partial charge in [0.25, 0.3) is 0 Å². The van der Waals surface area contributed by atoms with E-state index < -0.39 is 0 Å². The van der Waals surface area contributed by atoms with Crippen molar-refractivity contribution in [3.8, 4) is 6.07 Å². The van der Waals surface area contributed by atoms with Crippen LogP contribution in [0.3, 0.4) is 0 Å². The van der Waals surface area contributed by atoms with Crippen LogP contribution in [0.15, 0.2) is 0 Å². The molecule has 0 spiro atoms. The first-order valence-electron chi connectivity index (χ1n) is 5.96. The third-order valence-electron chi connectivity index (χ3n) is 3.23. The second kappa shape index (κ2) is 6.49. The summed E-state index contributed by atoms with van der Waals surface area (Å²) in [5.74, 6) is 0.140. The quantitative estimate of drug-likeness (QED) is 0.659. The van der Waals surface area contributed by atoms with E-state index >= 15 is 0 Å². The molecule has 1 saturated carbocycles. The zero-order valence-corrected chi connectivity index (χ0v) is 10.3. The molecule has 0 aliphatic heterocycles. The molecule has 90 valence electrons. The van der Waals surface area contributed by atoms with Gasteiger partial charge in [0.05, 0.1) is 12.6 Å². The van der Waals surface area contributed by atoms with Crippen LogP contribution in [0.1, 0.15) is 32.1 Å². The number of nitrogens with zero attached hydrogens (tertiary/aromatic N) is 3. The van der Waals surface area contributed by atoms with Crippen molar-refractivity contribution < 1.29 is 4.79 Å². The highest BCUT2D eigenvalue weighted by Crippen LogP contribution is 2.23. The third-order valence-corrected chi connectivity index (χ3v) is 3.23. The minimum Gasteiger partial charge on any atom is -0.349 e. The Balaban J connectivity index is 2.39. The number of carbonyl (C=O) groups is 1. The Morgan fingerprint density at radius 1 is 1.38 bits per heavy atom. The second-order valence-corrected chi connectivity index (χ2v) is 4.61. The topological polar surface area (TPSA) is 47.3 Å². The van der Waals surface area contributed by atoms with Gasteiger partial charge >= 0.3 is 0 Å². The van der Waals surface area contributed by atoms with Gasteiger partial charge in [0.15, 0.2) is 0 Å². The van der Waals surface area contributed by atoms with Gasteiger partial charge in [-0.2, -0.15) is 5.26 Å². The first kappa shape index (κ1) is 13.0. The van der Waals surface area contributed by atoms with Crippen LogP contribution in [0.2, 0.25) is 0 Å². The Morgan fingerprint density at radius 3 is 2.50 bits per heavy atom. The first-order valence-corrected chi connectivity index (χ1v) is 5.96. The first-order chi connectivity index (χ1) is 7.65. The van der Waals surface area contributed by atoms with E-state index in [0.717, 1.165) is 6.54 Å². The molecule has 0 heterocycles.